The molecule has 0 radical (unpaired) electrons. The van der Waals surface area contributed by atoms with Gasteiger partial charge in [-0.1, -0.05) is 30.3 Å². The van der Waals surface area contributed by atoms with Gasteiger partial charge in [0, 0.05) is 12.2 Å². The molecular formula is C19H24N2O3. The van der Waals surface area contributed by atoms with Crippen LogP contribution in [0.4, 0.5) is 0 Å². The monoisotopic (exact) mass is 328 g/mol. The zero-order valence-electron chi connectivity index (χ0n) is 14.4. The summed E-state index contributed by atoms with van der Waals surface area (Å²) in [4.78, 5) is 27.3. The van der Waals surface area contributed by atoms with Gasteiger partial charge in [-0.3, -0.25) is 4.79 Å². The van der Waals surface area contributed by atoms with Gasteiger partial charge < -0.3 is 15.0 Å². The first kappa shape index (κ1) is 17.8. The molecular weight excluding hydrogens is 304 g/mol. The molecule has 5 nitrogen and oxygen atoms in total. The summed E-state index contributed by atoms with van der Waals surface area (Å²) in [6, 6.07) is 10.2. The van der Waals surface area contributed by atoms with Crippen LogP contribution in [0.25, 0.3) is 0 Å². The minimum atomic E-state index is -0.396. The molecule has 2 aromatic rings. The number of aryl methyl sites for hydroxylation is 2. The van der Waals surface area contributed by atoms with E-state index in [9.17, 15) is 9.59 Å². The third kappa shape index (κ3) is 4.25. The summed E-state index contributed by atoms with van der Waals surface area (Å²) in [5.41, 5.74) is 3.41. The summed E-state index contributed by atoms with van der Waals surface area (Å²) in [6.45, 7) is 6.18. The third-order valence-corrected chi connectivity index (χ3v) is 3.91. The van der Waals surface area contributed by atoms with Crippen LogP contribution < -0.4 is 5.32 Å². The van der Waals surface area contributed by atoms with Crippen LogP contribution in [0.2, 0.25) is 0 Å². The number of amides is 1. The van der Waals surface area contributed by atoms with Crippen molar-refractivity contribution in [3.63, 3.8) is 0 Å². The lowest BCUT2D eigenvalue weighted by Gasteiger charge is -2.06. The summed E-state index contributed by atoms with van der Waals surface area (Å²) in [7, 11) is 0. The van der Waals surface area contributed by atoms with E-state index in [1.165, 1.54) is 5.56 Å². The number of H-pyrrole nitrogens is 1. The number of hydrogen-bond acceptors (Lipinski definition) is 3. The molecule has 0 unspecified atom stereocenters. The van der Waals surface area contributed by atoms with Crippen molar-refractivity contribution in [1.29, 1.82) is 0 Å². The number of aromatic amines is 1. The normalized spacial score (nSPS) is 10.5. The van der Waals surface area contributed by atoms with Crippen molar-refractivity contribution in [3.05, 3.63) is 58.4 Å². The van der Waals surface area contributed by atoms with Gasteiger partial charge in [0.05, 0.1) is 12.2 Å². The molecule has 0 spiro atoms. The third-order valence-electron chi connectivity index (χ3n) is 3.91. The van der Waals surface area contributed by atoms with Crippen molar-refractivity contribution in [2.24, 2.45) is 0 Å². The van der Waals surface area contributed by atoms with Crippen LogP contribution in [0.3, 0.4) is 0 Å². The van der Waals surface area contributed by atoms with Crippen molar-refractivity contribution >= 4 is 11.9 Å². The maximum atomic E-state index is 12.3. The summed E-state index contributed by atoms with van der Waals surface area (Å²) in [6.07, 6.45) is 1.77. The highest BCUT2D eigenvalue weighted by Gasteiger charge is 2.22. The van der Waals surface area contributed by atoms with Gasteiger partial charge >= 0.3 is 5.97 Å². The van der Waals surface area contributed by atoms with Gasteiger partial charge in [0.1, 0.15) is 5.69 Å². The summed E-state index contributed by atoms with van der Waals surface area (Å²) in [5.74, 6) is -0.592. The zero-order valence-corrected chi connectivity index (χ0v) is 14.4. The van der Waals surface area contributed by atoms with Crippen LogP contribution in [-0.2, 0) is 11.2 Å². The molecule has 0 fully saturated rings. The largest absolute Gasteiger partial charge is 0.462 e. The average molecular weight is 328 g/mol. The highest BCUT2D eigenvalue weighted by molar-refractivity contribution is 6.00. The Labute approximate surface area is 142 Å². The summed E-state index contributed by atoms with van der Waals surface area (Å²) in [5, 5.41) is 2.90. The van der Waals surface area contributed by atoms with Gasteiger partial charge in [-0.05, 0) is 44.7 Å². The zero-order chi connectivity index (χ0) is 17.5. The van der Waals surface area contributed by atoms with Crippen LogP contribution in [0, 0.1) is 13.8 Å². The molecule has 0 atom stereocenters. The van der Waals surface area contributed by atoms with Crippen LogP contribution in [0.5, 0.6) is 0 Å². The van der Waals surface area contributed by atoms with Crippen LogP contribution in [0.15, 0.2) is 30.3 Å². The van der Waals surface area contributed by atoms with E-state index >= 15 is 0 Å². The molecule has 0 aliphatic carbocycles. The van der Waals surface area contributed by atoms with Crippen molar-refractivity contribution in [2.45, 2.75) is 33.6 Å². The molecule has 128 valence electrons. The highest BCUT2D eigenvalue weighted by Crippen LogP contribution is 2.19. The van der Waals surface area contributed by atoms with E-state index in [-0.39, 0.29) is 5.91 Å². The Morgan fingerprint density at radius 1 is 1.17 bits per heavy atom. The number of aromatic nitrogens is 1. The molecule has 1 amide bonds. The minimum Gasteiger partial charge on any atom is -0.462 e. The molecule has 5 heteroatoms. The Bertz CT molecular complexity index is 705. The fourth-order valence-corrected chi connectivity index (χ4v) is 2.71. The fourth-order valence-electron chi connectivity index (χ4n) is 2.71. The van der Waals surface area contributed by atoms with E-state index in [0.717, 1.165) is 12.8 Å². The highest BCUT2D eigenvalue weighted by atomic mass is 16.5. The Hall–Kier alpha value is -2.56. The predicted molar refractivity (Wildman–Crippen MR) is 93.3 cm³/mol. The Balaban J connectivity index is 1.93. The number of hydrogen-bond donors (Lipinski definition) is 2. The maximum absolute atomic E-state index is 12.3. The molecule has 0 aliphatic heterocycles. The number of carbonyl (C=O) groups is 2. The molecule has 24 heavy (non-hydrogen) atoms. The van der Waals surface area contributed by atoms with Crippen molar-refractivity contribution < 1.29 is 14.3 Å². The van der Waals surface area contributed by atoms with E-state index in [4.69, 9.17) is 4.74 Å². The van der Waals surface area contributed by atoms with Crippen LogP contribution in [-0.4, -0.2) is 30.0 Å². The molecule has 0 saturated heterocycles. The Morgan fingerprint density at radius 3 is 2.54 bits per heavy atom. The van der Waals surface area contributed by atoms with Gasteiger partial charge in [-0.2, -0.15) is 0 Å². The van der Waals surface area contributed by atoms with Crippen molar-refractivity contribution in [3.8, 4) is 0 Å². The maximum Gasteiger partial charge on any atom is 0.340 e. The van der Waals surface area contributed by atoms with Crippen molar-refractivity contribution in [2.75, 3.05) is 13.2 Å². The topological polar surface area (TPSA) is 71.2 Å². The molecule has 0 aliphatic rings. The fraction of sp³-hybridized carbons (Fsp3) is 0.368. The smallest absolute Gasteiger partial charge is 0.340 e. The van der Waals surface area contributed by atoms with E-state index in [0.29, 0.717) is 35.7 Å². The van der Waals surface area contributed by atoms with E-state index in [1.54, 1.807) is 20.8 Å². The quantitative estimate of drug-likeness (QED) is 0.606. The average Bonchev–Trinajstić information content (AvgIpc) is 2.87. The Morgan fingerprint density at radius 2 is 1.88 bits per heavy atom. The van der Waals surface area contributed by atoms with E-state index < -0.39 is 5.97 Å². The van der Waals surface area contributed by atoms with Gasteiger partial charge in [-0.25, -0.2) is 4.79 Å². The van der Waals surface area contributed by atoms with Crippen molar-refractivity contribution in [1.82, 2.24) is 10.3 Å². The molecule has 1 aromatic carbocycles. The Kier molecular flexibility index (Phi) is 6.18. The number of rotatable bonds is 7. The second kappa shape index (κ2) is 8.34. The number of carbonyl (C=O) groups excluding carboxylic acids is 2. The molecule has 2 N–H and O–H groups in total. The SMILES string of the molecule is CCOC(=O)c1c(C)[nH]c(C(=O)NCCCc2ccccc2)c1C. The molecule has 1 aromatic heterocycles. The predicted octanol–water partition coefficient (Wildman–Crippen LogP) is 3.17. The second-order valence-corrected chi connectivity index (χ2v) is 5.69. The lowest BCUT2D eigenvalue weighted by molar-refractivity contribution is 0.0525. The summed E-state index contributed by atoms with van der Waals surface area (Å²) < 4.78 is 5.04. The number of esters is 1. The number of benzene rings is 1. The van der Waals surface area contributed by atoms with E-state index in [2.05, 4.69) is 22.4 Å². The van der Waals surface area contributed by atoms with Crippen LogP contribution in [0.1, 0.15) is 51.0 Å². The first-order valence-electron chi connectivity index (χ1n) is 8.23. The van der Waals surface area contributed by atoms with Gasteiger partial charge in [-0.15, -0.1) is 0 Å². The number of ether oxygens (including phenoxy) is 1. The minimum absolute atomic E-state index is 0.195. The standard InChI is InChI=1S/C19H24N2O3/c1-4-24-19(23)16-13(2)17(21-14(16)3)18(22)20-12-8-11-15-9-6-5-7-10-15/h5-7,9-10,21H,4,8,11-12H2,1-3H3,(H,20,22). The first-order chi connectivity index (χ1) is 11.5. The lowest BCUT2D eigenvalue weighted by Crippen LogP contribution is -2.25. The molecule has 0 saturated carbocycles. The summed E-state index contributed by atoms with van der Waals surface area (Å²) >= 11 is 0. The van der Waals surface area contributed by atoms with E-state index in [1.807, 2.05) is 18.2 Å². The second-order valence-electron chi connectivity index (χ2n) is 5.69. The number of nitrogens with one attached hydrogen (secondary N) is 2. The molecule has 2 rings (SSSR count). The first-order valence-corrected chi connectivity index (χ1v) is 8.23. The van der Waals surface area contributed by atoms with Gasteiger partial charge in [0.15, 0.2) is 0 Å². The van der Waals surface area contributed by atoms with Gasteiger partial charge in [0.2, 0.25) is 0 Å². The molecule has 1 heterocycles. The molecule has 0 bridgehead atoms. The van der Waals surface area contributed by atoms with Gasteiger partial charge in [0.25, 0.3) is 5.91 Å². The van der Waals surface area contributed by atoms with Crippen LogP contribution >= 0.6 is 0 Å². The lowest BCUT2D eigenvalue weighted by atomic mass is 10.1.